The van der Waals surface area contributed by atoms with E-state index in [4.69, 9.17) is 4.74 Å². The first kappa shape index (κ1) is 13.8. The first-order chi connectivity index (χ1) is 7.64. The van der Waals surface area contributed by atoms with Crippen molar-refractivity contribution in [1.29, 1.82) is 0 Å². The van der Waals surface area contributed by atoms with Gasteiger partial charge in [0.25, 0.3) is 0 Å². The van der Waals surface area contributed by atoms with E-state index < -0.39 is 5.60 Å². The van der Waals surface area contributed by atoms with Crippen LogP contribution < -0.4 is 0 Å². The molecule has 0 aromatic heterocycles. The van der Waals surface area contributed by atoms with Crippen LogP contribution in [0.5, 0.6) is 0 Å². The van der Waals surface area contributed by atoms with Gasteiger partial charge in [0.1, 0.15) is 0 Å². The summed E-state index contributed by atoms with van der Waals surface area (Å²) < 4.78 is 5.07. The second-order valence-corrected chi connectivity index (χ2v) is 5.53. The Labute approximate surface area is 102 Å². The highest BCUT2D eigenvalue weighted by molar-refractivity contribution is 7.99. The molecule has 0 aromatic carbocycles. The molecule has 1 aliphatic heterocycles. The van der Waals surface area contributed by atoms with Gasteiger partial charge in [0.2, 0.25) is 0 Å². The van der Waals surface area contributed by atoms with Crippen LogP contribution in [0, 0.1) is 5.92 Å². The molecule has 1 rings (SSSR count). The average molecular weight is 246 g/mol. The fraction of sp³-hybridized carbons (Fsp3) is 0.917. The molecule has 1 heterocycles. The van der Waals surface area contributed by atoms with Gasteiger partial charge in [0, 0.05) is 0 Å². The highest BCUT2D eigenvalue weighted by Crippen LogP contribution is 2.36. The summed E-state index contributed by atoms with van der Waals surface area (Å²) in [7, 11) is 0. The van der Waals surface area contributed by atoms with E-state index in [9.17, 15) is 9.90 Å². The van der Waals surface area contributed by atoms with Crippen LogP contribution in [-0.2, 0) is 9.53 Å². The average Bonchev–Trinajstić information content (AvgIpc) is 2.27. The monoisotopic (exact) mass is 246 g/mol. The fourth-order valence-electron chi connectivity index (χ4n) is 2.21. The molecule has 0 saturated carbocycles. The van der Waals surface area contributed by atoms with Crippen LogP contribution >= 0.6 is 11.8 Å². The minimum atomic E-state index is -0.826. The number of hydrogen-bond acceptors (Lipinski definition) is 4. The topological polar surface area (TPSA) is 46.5 Å². The van der Waals surface area contributed by atoms with Gasteiger partial charge in [-0.15, -0.1) is 0 Å². The van der Waals surface area contributed by atoms with Crippen molar-refractivity contribution in [2.24, 2.45) is 5.92 Å². The standard InChI is InChI=1S/C12H22O3S/c1-3-5-10(11(13)15-4-2)12(14)6-8-16-9-7-12/h10,14H,3-9H2,1-2H3. The molecular formula is C12H22O3S. The molecule has 1 saturated heterocycles. The molecule has 0 spiro atoms. The van der Waals surface area contributed by atoms with Crippen LogP contribution in [0.4, 0.5) is 0 Å². The predicted octanol–water partition coefficient (Wildman–Crippen LogP) is 2.22. The molecule has 16 heavy (non-hydrogen) atoms. The van der Waals surface area contributed by atoms with Crippen molar-refractivity contribution >= 4 is 17.7 Å². The van der Waals surface area contributed by atoms with Gasteiger partial charge in [0.05, 0.1) is 18.1 Å². The Morgan fingerprint density at radius 2 is 2.06 bits per heavy atom. The van der Waals surface area contributed by atoms with Crippen LogP contribution in [0.15, 0.2) is 0 Å². The van der Waals surface area contributed by atoms with E-state index in [1.165, 1.54) is 0 Å². The summed E-state index contributed by atoms with van der Waals surface area (Å²) in [5.41, 5.74) is -0.826. The number of aliphatic hydroxyl groups is 1. The van der Waals surface area contributed by atoms with E-state index in [0.717, 1.165) is 24.3 Å². The maximum absolute atomic E-state index is 11.8. The van der Waals surface area contributed by atoms with Gasteiger partial charge in [-0.1, -0.05) is 13.3 Å². The quantitative estimate of drug-likeness (QED) is 0.756. The van der Waals surface area contributed by atoms with Crippen LogP contribution in [0.2, 0.25) is 0 Å². The molecule has 0 radical (unpaired) electrons. The zero-order valence-corrected chi connectivity index (χ0v) is 11.0. The van der Waals surface area contributed by atoms with Crippen molar-refractivity contribution in [2.45, 2.75) is 45.1 Å². The Kier molecular flexibility index (Phi) is 5.62. The molecule has 1 fully saturated rings. The molecular weight excluding hydrogens is 224 g/mol. The molecule has 3 nitrogen and oxygen atoms in total. The Morgan fingerprint density at radius 1 is 1.44 bits per heavy atom. The van der Waals surface area contributed by atoms with E-state index >= 15 is 0 Å². The van der Waals surface area contributed by atoms with E-state index in [-0.39, 0.29) is 11.9 Å². The third-order valence-corrected chi connectivity index (χ3v) is 4.14. The van der Waals surface area contributed by atoms with Crippen molar-refractivity contribution in [2.75, 3.05) is 18.1 Å². The van der Waals surface area contributed by atoms with Crippen molar-refractivity contribution < 1.29 is 14.6 Å². The largest absolute Gasteiger partial charge is 0.466 e. The Balaban J connectivity index is 2.70. The lowest BCUT2D eigenvalue weighted by atomic mass is 9.80. The summed E-state index contributed by atoms with van der Waals surface area (Å²) in [6.45, 7) is 4.23. The molecule has 94 valence electrons. The molecule has 1 atom stereocenters. The fourth-order valence-corrected chi connectivity index (χ4v) is 3.41. The van der Waals surface area contributed by atoms with Crippen molar-refractivity contribution in [3.05, 3.63) is 0 Å². The molecule has 4 heteroatoms. The number of thioether (sulfide) groups is 1. The second kappa shape index (κ2) is 6.50. The van der Waals surface area contributed by atoms with Crippen molar-refractivity contribution in [3.63, 3.8) is 0 Å². The third-order valence-electron chi connectivity index (χ3n) is 3.16. The van der Waals surface area contributed by atoms with E-state index in [1.807, 2.05) is 25.6 Å². The first-order valence-corrected chi connectivity index (χ1v) is 7.26. The first-order valence-electron chi connectivity index (χ1n) is 6.10. The number of carbonyl (C=O) groups excluding carboxylic acids is 1. The van der Waals surface area contributed by atoms with Crippen LogP contribution in [0.25, 0.3) is 0 Å². The number of hydrogen-bond donors (Lipinski definition) is 1. The van der Waals surface area contributed by atoms with Gasteiger partial charge in [-0.05, 0) is 37.7 Å². The van der Waals surface area contributed by atoms with E-state index in [1.54, 1.807) is 0 Å². The van der Waals surface area contributed by atoms with E-state index in [2.05, 4.69) is 0 Å². The number of esters is 1. The van der Waals surface area contributed by atoms with Gasteiger partial charge < -0.3 is 9.84 Å². The summed E-state index contributed by atoms with van der Waals surface area (Å²) in [6.07, 6.45) is 3.04. The van der Waals surface area contributed by atoms with Gasteiger partial charge in [-0.2, -0.15) is 11.8 Å². The van der Waals surface area contributed by atoms with Gasteiger partial charge in [0.15, 0.2) is 0 Å². The highest BCUT2D eigenvalue weighted by atomic mass is 32.2. The molecule has 0 bridgehead atoms. The SMILES string of the molecule is CCCC(C(=O)OCC)C1(O)CCSCC1. The highest BCUT2D eigenvalue weighted by Gasteiger charge is 2.42. The Morgan fingerprint density at radius 3 is 2.56 bits per heavy atom. The minimum absolute atomic E-state index is 0.223. The third kappa shape index (κ3) is 3.39. The molecule has 1 unspecified atom stereocenters. The van der Waals surface area contributed by atoms with E-state index in [0.29, 0.717) is 19.4 Å². The molecule has 0 aromatic rings. The molecule has 0 aliphatic carbocycles. The van der Waals surface area contributed by atoms with Gasteiger partial charge in [-0.3, -0.25) is 4.79 Å². The maximum Gasteiger partial charge on any atom is 0.311 e. The minimum Gasteiger partial charge on any atom is -0.466 e. The maximum atomic E-state index is 11.8. The second-order valence-electron chi connectivity index (χ2n) is 4.31. The number of rotatable bonds is 5. The summed E-state index contributed by atoms with van der Waals surface area (Å²) in [5.74, 6) is 1.32. The Bertz CT molecular complexity index is 224. The molecule has 0 amide bonds. The van der Waals surface area contributed by atoms with Crippen LogP contribution in [-0.4, -0.2) is 34.8 Å². The normalized spacial score (nSPS) is 21.4. The van der Waals surface area contributed by atoms with Crippen LogP contribution in [0.1, 0.15) is 39.5 Å². The molecule has 1 aliphatic rings. The zero-order valence-electron chi connectivity index (χ0n) is 10.2. The summed E-state index contributed by atoms with van der Waals surface area (Å²) >= 11 is 1.85. The lowest BCUT2D eigenvalue weighted by Gasteiger charge is -2.37. The number of ether oxygens (including phenoxy) is 1. The van der Waals surface area contributed by atoms with Crippen molar-refractivity contribution in [1.82, 2.24) is 0 Å². The summed E-state index contributed by atoms with van der Waals surface area (Å²) in [5, 5.41) is 10.5. The zero-order chi connectivity index (χ0) is 12.0. The molecule has 1 N–H and O–H groups in total. The smallest absolute Gasteiger partial charge is 0.311 e. The lowest BCUT2D eigenvalue weighted by Crippen LogP contribution is -2.45. The van der Waals surface area contributed by atoms with Crippen molar-refractivity contribution in [3.8, 4) is 0 Å². The summed E-state index contributed by atoms with van der Waals surface area (Å²) in [4.78, 5) is 11.8. The summed E-state index contributed by atoms with van der Waals surface area (Å²) in [6, 6.07) is 0. The lowest BCUT2D eigenvalue weighted by molar-refractivity contribution is -0.159. The predicted molar refractivity (Wildman–Crippen MR) is 66.5 cm³/mol. The van der Waals surface area contributed by atoms with Gasteiger partial charge >= 0.3 is 5.97 Å². The van der Waals surface area contributed by atoms with Crippen LogP contribution in [0.3, 0.4) is 0 Å². The number of carbonyl (C=O) groups is 1. The van der Waals surface area contributed by atoms with Gasteiger partial charge in [-0.25, -0.2) is 0 Å². The Hall–Kier alpha value is -0.220.